The standard InChI is InChI=1S/C13H17BrN2O/c1-9-4-5-11(12(14)7-9)13(17)16-10-3-2-6-15-8-10/h4-5,7,10,15H,2-3,6,8H2,1H3,(H,16,17)/t10-/m0/s1. The first-order valence-electron chi connectivity index (χ1n) is 5.94. The molecule has 1 aromatic carbocycles. The largest absolute Gasteiger partial charge is 0.348 e. The fourth-order valence-corrected chi connectivity index (χ4v) is 2.72. The molecule has 2 rings (SSSR count). The van der Waals surface area contributed by atoms with Crippen molar-refractivity contribution in [2.75, 3.05) is 13.1 Å². The summed E-state index contributed by atoms with van der Waals surface area (Å²) in [5.74, 6) is 0.00516. The average Bonchev–Trinajstić information content (AvgIpc) is 2.30. The number of aryl methyl sites for hydroxylation is 1. The van der Waals surface area contributed by atoms with Crippen LogP contribution in [0.3, 0.4) is 0 Å². The van der Waals surface area contributed by atoms with Crippen molar-refractivity contribution >= 4 is 21.8 Å². The van der Waals surface area contributed by atoms with Crippen molar-refractivity contribution in [3.05, 3.63) is 33.8 Å². The first-order valence-corrected chi connectivity index (χ1v) is 6.74. The minimum atomic E-state index is 0.00516. The molecule has 0 unspecified atom stereocenters. The van der Waals surface area contributed by atoms with E-state index >= 15 is 0 Å². The highest BCUT2D eigenvalue weighted by Crippen LogP contribution is 2.18. The molecule has 1 aromatic rings. The van der Waals surface area contributed by atoms with E-state index in [-0.39, 0.29) is 11.9 Å². The molecule has 1 fully saturated rings. The molecule has 0 spiro atoms. The van der Waals surface area contributed by atoms with Crippen molar-refractivity contribution in [3.63, 3.8) is 0 Å². The van der Waals surface area contributed by atoms with Crippen LogP contribution in [-0.4, -0.2) is 25.0 Å². The molecule has 2 N–H and O–H groups in total. The lowest BCUT2D eigenvalue weighted by atomic mass is 10.1. The Labute approximate surface area is 110 Å². The number of halogens is 1. The van der Waals surface area contributed by atoms with Crippen LogP contribution in [0.15, 0.2) is 22.7 Å². The van der Waals surface area contributed by atoms with Crippen LogP contribution in [0, 0.1) is 6.92 Å². The second-order valence-corrected chi connectivity index (χ2v) is 5.35. The van der Waals surface area contributed by atoms with Gasteiger partial charge in [0.05, 0.1) is 5.56 Å². The lowest BCUT2D eigenvalue weighted by Gasteiger charge is -2.24. The van der Waals surface area contributed by atoms with Gasteiger partial charge in [0.2, 0.25) is 0 Å². The molecule has 17 heavy (non-hydrogen) atoms. The smallest absolute Gasteiger partial charge is 0.252 e. The highest BCUT2D eigenvalue weighted by Gasteiger charge is 2.17. The molecule has 0 radical (unpaired) electrons. The van der Waals surface area contributed by atoms with Crippen LogP contribution in [0.25, 0.3) is 0 Å². The molecule has 0 aliphatic carbocycles. The fraction of sp³-hybridized carbons (Fsp3) is 0.462. The van der Waals surface area contributed by atoms with Crippen LogP contribution >= 0.6 is 15.9 Å². The van der Waals surface area contributed by atoms with Gasteiger partial charge in [0.25, 0.3) is 5.91 Å². The SMILES string of the molecule is Cc1ccc(C(=O)N[C@H]2CCCNC2)c(Br)c1. The van der Waals surface area contributed by atoms with Crippen LogP contribution in [0.2, 0.25) is 0 Å². The molecule has 1 aliphatic rings. The van der Waals surface area contributed by atoms with Gasteiger partial charge in [-0.3, -0.25) is 4.79 Å². The van der Waals surface area contributed by atoms with Gasteiger partial charge in [-0.1, -0.05) is 6.07 Å². The van der Waals surface area contributed by atoms with Gasteiger partial charge < -0.3 is 10.6 Å². The van der Waals surface area contributed by atoms with Crippen LogP contribution in [0.5, 0.6) is 0 Å². The topological polar surface area (TPSA) is 41.1 Å². The number of benzene rings is 1. The lowest BCUT2D eigenvalue weighted by molar-refractivity contribution is 0.0930. The summed E-state index contributed by atoms with van der Waals surface area (Å²) in [5, 5.41) is 6.35. The number of nitrogens with one attached hydrogen (secondary N) is 2. The molecule has 0 saturated carbocycles. The maximum Gasteiger partial charge on any atom is 0.252 e. The van der Waals surface area contributed by atoms with E-state index in [4.69, 9.17) is 0 Å². The zero-order valence-electron chi connectivity index (χ0n) is 9.92. The Balaban J connectivity index is 2.03. The molecule has 4 heteroatoms. The van der Waals surface area contributed by atoms with Crippen LogP contribution in [0.4, 0.5) is 0 Å². The summed E-state index contributed by atoms with van der Waals surface area (Å²) in [7, 11) is 0. The zero-order valence-corrected chi connectivity index (χ0v) is 11.5. The van der Waals surface area contributed by atoms with Gasteiger partial charge in [-0.25, -0.2) is 0 Å². The van der Waals surface area contributed by atoms with E-state index in [0.29, 0.717) is 5.56 Å². The number of hydrogen-bond donors (Lipinski definition) is 2. The van der Waals surface area contributed by atoms with Crippen molar-refractivity contribution < 1.29 is 4.79 Å². The van der Waals surface area contributed by atoms with E-state index in [2.05, 4.69) is 26.6 Å². The number of piperidine rings is 1. The molecule has 1 saturated heterocycles. The minimum Gasteiger partial charge on any atom is -0.348 e. The summed E-state index contributed by atoms with van der Waals surface area (Å²) < 4.78 is 0.860. The summed E-state index contributed by atoms with van der Waals surface area (Å²) in [6.45, 7) is 3.94. The van der Waals surface area contributed by atoms with Gasteiger partial charge in [0.15, 0.2) is 0 Å². The predicted octanol–water partition coefficient (Wildman–Crippen LogP) is 2.24. The second-order valence-electron chi connectivity index (χ2n) is 4.50. The molecule has 1 amide bonds. The third-order valence-corrected chi connectivity index (χ3v) is 3.66. The first-order chi connectivity index (χ1) is 8.16. The highest BCUT2D eigenvalue weighted by molar-refractivity contribution is 9.10. The number of hydrogen-bond acceptors (Lipinski definition) is 2. The summed E-state index contributed by atoms with van der Waals surface area (Å²) in [5.41, 5.74) is 1.86. The molecule has 1 atom stereocenters. The Bertz CT molecular complexity index is 414. The van der Waals surface area contributed by atoms with E-state index < -0.39 is 0 Å². The van der Waals surface area contributed by atoms with Gasteiger partial charge in [0, 0.05) is 17.1 Å². The van der Waals surface area contributed by atoms with Crippen molar-refractivity contribution in [1.82, 2.24) is 10.6 Å². The molecular weight excluding hydrogens is 280 g/mol. The lowest BCUT2D eigenvalue weighted by Crippen LogP contribution is -2.45. The molecule has 92 valence electrons. The van der Waals surface area contributed by atoms with Gasteiger partial charge in [-0.05, 0) is 59.9 Å². The van der Waals surface area contributed by atoms with Crippen molar-refractivity contribution in [2.45, 2.75) is 25.8 Å². The van der Waals surface area contributed by atoms with Crippen molar-refractivity contribution in [2.24, 2.45) is 0 Å². The van der Waals surface area contributed by atoms with Crippen LogP contribution < -0.4 is 10.6 Å². The van der Waals surface area contributed by atoms with E-state index in [0.717, 1.165) is 36.0 Å². The normalized spacial score (nSPS) is 20.0. The number of amides is 1. The maximum absolute atomic E-state index is 12.1. The number of rotatable bonds is 2. The monoisotopic (exact) mass is 296 g/mol. The van der Waals surface area contributed by atoms with Gasteiger partial charge >= 0.3 is 0 Å². The molecule has 1 aliphatic heterocycles. The van der Waals surface area contributed by atoms with Gasteiger partial charge in [0.1, 0.15) is 0 Å². The Morgan fingerprint density at radius 3 is 3.00 bits per heavy atom. The molecule has 3 nitrogen and oxygen atoms in total. The van der Waals surface area contributed by atoms with Crippen molar-refractivity contribution in [1.29, 1.82) is 0 Å². The molecular formula is C13H17BrN2O. The Morgan fingerprint density at radius 2 is 2.35 bits per heavy atom. The number of carbonyl (C=O) groups is 1. The molecule has 0 aromatic heterocycles. The van der Waals surface area contributed by atoms with Gasteiger partial charge in [-0.2, -0.15) is 0 Å². The minimum absolute atomic E-state index is 0.00516. The molecule has 1 heterocycles. The Morgan fingerprint density at radius 1 is 1.53 bits per heavy atom. The first kappa shape index (κ1) is 12.6. The summed E-state index contributed by atoms with van der Waals surface area (Å²) in [6.07, 6.45) is 2.18. The Kier molecular flexibility index (Phi) is 4.18. The van der Waals surface area contributed by atoms with E-state index in [1.165, 1.54) is 0 Å². The summed E-state index contributed by atoms with van der Waals surface area (Å²) in [4.78, 5) is 12.1. The second kappa shape index (κ2) is 5.65. The number of carbonyl (C=O) groups excluding carboxylic acids is 1. The third kappa shape index (κ3) is 3.30. The van der Waals surface area contributed by atoms with Crippen molar-refractivity contribution in [3.8, 4) is 0 Å². The highest BCUT2D eigenvalue weighted by atomic mass is 79.9. The van der Waals surface area contributed by atoms with E-state index in [9.17, 15) is 4.79 Å². The van der Waals surface area contributed by atoms with E-state index in [1.54, 1.807) is 0 Å². The van der Waals surface area contributed by atoms with Gasteiger partial charge in [-0.15, -0.1) is 0 Å². The zero-order chi connectivity index (χ0) is 12.3. The summed E-state index contributed by atoms with van der Waals surface area (Å²) in [6, 6.07) is 6.04. The summed E-state index contributed by atoms with van der Waals surface area (Å²) >= 11 is 3.44. The van der Waals surface area contributed by atoms with Crippen LogP contribution in [0.1, 0.15) is 28.8 Å². The Hall–Kier alpha value is -0.870. The van der Waals surface area contributed by atoms with Crippen LogP contribution in [-0.2, 0) is 0 Å². The average molecular weight is 297 g/mol. The third-order valence-electron chi connectivity index (χ3n) is 3.00. The van der Waals surface area contributed by atoms with E-state index in [1.807, 2.05) is 25.1 Å². The maximum atomic E-state index is 12.1. The predicted molar refractivity (Wildman–Crippen MR) is 72.2 cm³/mol. The fourth-order valence-electron chi connectivity index (χ4n) is 2.04. The molecule has 0 bridgehead atoms. The quantitative estimate of drug-likeness (QED) is 0.879.